The Labute approximate surface area is 146 Å². The van der Waals surface area contributed by atoms with E-state index in [0.29, 0.717) is 6.42 Å². The van der Waals surface area contributed by atoms with E-state index in [1.165, 1.54) is 0 Å². The second-order valence-electron chi connectivity index (χ2n) is 8.17. The molecule has 24 heavy (non-hydrogen) atoms. The van der Waals surface area contributed by atoms with Crippen LogP contribution in [0.25, 0.3) is 0 Å². The van der Waals surface area contributed by atoms with Crippen molar-refractivity contribution in [2.24, 2.45) is 17.3 Å². The lowest BCUT2D eigenvalue weighted by molar-refractivity contribution is -0.160. The van der Waals surface area contributed by atoms with Gasteiger partial charge in [-0.15, -0.1) is 6.58 Å². The lowest BCUT2D eigenvalue weighted by atomic mass is 9.73. The number of hydrogen-bond acceptors (Lipinski definition) is 5. The summed E-state index contributed by atoms with van der Waals surface area (Å²) < 4.78 is 5.19. The number of Topliss-reactive ketones (excluding diaryl/α,β-unsaturated/α-hetero) is 1. The van der Waals surface area contributed by atoms with E-state index in [1.54, 1.807) is 47.6 Å². The SMILES string of the molecule is C=CC[C@H](C)[C@H](O)[C@@H](C)C(=O)C(C)(C)[C@H](O)CC(=O)OC(C)(C)C. The highest BCUT2D eigenvalue weighted by atomic mass is 16.6. The van der Waals surface area contributed by atoms with Crippen LogP contribution < -0.4 is 0 Å². The van der Waals surface area contributed by atoms with Gasteiger partial charge in [-0.25, -0.2) is 0 Å². The van der Waals surface area contributed by atoms with Crippen molar-refractivity contribution in [2.45, 2.75) is 79.1 Å². The van der Waals surface area contributed by atoms with Crippen molar-refractivity contribution in [2.75, 3.05) is 0 Å². The quantitative estimate of drug-likeness (QED) is 0.497. The molecule has 0 aromatic carbocycles. The maximum atomic E-state index is 12.7. The van der Waals surface area contributed by atoms with Gasteiger partial charge in [-0.2, -0.15) is 0 Å². The number of carbonyl (C=O) groups excluding carboxylic acids is 2. The fourth-order valence-corrected chi connectivity index (χ4v) is 2.60. The van der Waals surface area contributed by atoms with Gasteiger partial charge in [0.2, 0.25) is 0 Å². The minimum Gasteiger partial charge on any atom is -0.460 e. The first kappa shape index (κ1) is 22.8. The van der Waals surface area contributed by atoms with E-state index in [1.807, 2.05) is 6.92 Å². The van der Waals surface area contributed by atoms with Crippen molar-refractivity contribution in [1.29, 1.82) is 0 Å². The zero-order valence-corrected chi connectivity index (χ0v) is 16.1. The Morgan fingerprint density at radius 3 is 2.04 bits per heavy atom. The Balaban J connectivity index is 4.98. The summed E-state index contributed by atoms with van der Waals surface area (Å²) in [7, 11) is 0. The van der Waals surface area contributed by atoms with Crippen LogP contribution in [0, 0.1) is 17.3 Å². The lowest BCUT2D eigenvalue weighted by Crippen LogP contribution is -2.45. The van der Waals surface area contributed by atoms with Crippen molar-refractivity contribution >= 4 is 11.8 Å². The predicted octanol–water partition coefficient (Wildman–Crippen LogP) is 2.88. The molecule has 0 amide bonds. The molecule has 0 fully saturated rings. The minimum absolute atomic E-state index is 0.111. The van der Waals surface area contributed by atoms with Gasteiger partial charge in [-0.1, -0.05) is 33.8 Å². The third-order valence-corrected chi connectivity index (χ3v) is 4.30. The predicted molar refractivity (Wildman–Crippen MR) is 94.4 cm³/mol. The Kier molecular flexibility index (Phi) is 8.33. The van der Waals surface area contributed by atoms with Gasteiger partial charge < -0.3 is 14.9 Å². The number of rotatable bonds is 9. The molecule has 5 heteroatoms. The van der Waals surface area contributed by atoms with E-state index in [9.17, 15) is 19.8 Å². The summed E-state index contributed by atoms with van der Waals surface area (Å²) in [4.78, 5) is 24.6. The Hall–Kier alpha value is -1.20. The second kappa shape index (κ2) is 8.77. The van der Waals surface area contributed by atoms with Crippen LogP contribution in [0.4, 0.5) is 0 Å². The van der Waals surface area contributed by atoms with Gasteiger partial charge in [0.15, 0.2) is 0 Å². The summed E-state index contributed by atoms with van der Waals surface area (Å²) in [6, 6.07) is 0. The highest BCUT2D eigenvalue weighted by Crippen LogP contribution is 2.31. The molecule has 0 aliphatic rings. The molecule has 0 bridgehead atoms. The van der Waals surface area contributed by atoms with Crippen molar-refractivity contribution < 1.29 is 24.5 Å². The van der Waals surface area contributed by atoms with E-state index >= 15 is 0 Å². The topological polar surface area (TPSA) is 83.8 Å². The monoisotopic (exact) mass is 342 g/mol. The Morgan fingerprint density at radius 2 is 1.62 bits per heavy atom. The molecule has 0 radical (unpaired) electrons. The summed E-state index contributed by atoms with van der Waals surface area (Å²) >= 11 is 0. The first-order valence-corrected chi connectivity index (χ1v) is 8.47. The first-order valence-electron chi connectivity index (χ1n) is 8.47. The molecule has 5 nitrogen and oxygen atoms in total. The molecule has 0 spiro atoms. The molecule has 140 valence electrons. The van der Waals surface area contributed by atoms with E-state index < -0.39 is 35.1 Å². The van der Waals surface area contributed by atoms with Gasteiger partial charge in [0, 0.05) is 5.92 Å². The average Bonchev–Trinajstić information content (AvgIpc) is 2.42. The van der Waals surface area contributed by atoms with Gasteiger partial charge >= 0.3 is 5.97 Å². The fraction of sp³-hybridized carbons (Fsp3) is 0.789. The number of ketones is 1. The van der Waals surface area contributed by atoms with Crippen LogP contribution in [0.5, 0.6) is 0 Å². The average molecular weight is 342 g/mol. The molecular weight excluding hydrogens is 308 g/mol. The van der Waals surface area contributed by atoms with Gasteiger partial charge in [0.1, 0.15) is 11.4 Å². The van der Waals surface area contributed by atoms with Crippen LogP contribution in [-0.4, -0.2) is 39.8 Å². The van der Waals surface area contributed by atoms with Crippen LogP contribution in [0.2, 0.25) is 0 Å². The van der Waals surface area contributed by atoms with Crippen LogP contribution in [0.15, 0.2) is 12.7 Å². The van der Waals surface area contributed by atoms with Crippen molar-refractivity contribution in [3.8, 4) is 0 Å². The van der Waals surface area contributed by atoms with Gasteiger partial charge in [0.05, 0.1) is 24.0 Å². The number of ether oxygens (including phenoxy) is 1. The number of allylic oxidation sites excluding steroid dienone is 1. The van der Waals surface area contributed by atoms with E-state index in [-0.39, 0.29) is 18.1 Å². The van der Waals surface area contributed by atoms with Crippen molar-refractivity contribution in [1.82, 2.24) is 0 Å². The number of carbonyl (C=O) groups is 2. The van der Waals surface area contributed by atoms with Gasteiger partial charge in [0.25, 0.3) is 0 Å². The Bertz CT molecular complexity index is 447. The smallest absolute Gasteiger partial charge is 0.308 e. The third kappa shape index (κ3) is 6.73. The molecule has 0 aliphatic carbocycles. The van der Waals surface area contributed by atoms with Crippen LogP contribution in [0.1, 0.15) is 61.3 Å². The first-order chi connectivity index (χ1) is 10.7. The summed E-state index contributed by atoms with van der Waals surface area (Å²) in [6.45, 7) is 15.5. The molecule has 0 rings (SSSR count). The molecule has 4 atom stereocenters. The third-order valence-electron chi connectivity index (χ3n) is 4.30. The lowest BCUT2D eigenvalue weighted by Gasteiger charge is -2.34. The summed E-state index contributed by atoms with van der Waals surface area (Å²) in [6.07, 6.45) is 0.0293. The zero-order chi connectivity index (χ0) is 19.3. The maximum absolute atomic E-state index is 12.7. The molecule has 0 saturated heterocycles. The van der Waals surface area contributed by atoms with Crippen molar-refractivity contribution in [3.63, 3.8) is 0 Å². The number of aliphatic hydroxyl groups excluding tert-OH is 2. The standard InChI is InChI=1S/C19H34O5/c1-9-10-12(2)16(22)13(3)17(23)19(7,8)14(20)11-15(21)24-18(4,5)6/h9,12-14,16,20,22H,1,10-11H2,2-8H3/t12-,13+,14+,16-/m0/s1. The van der Waals surface area contributed by atoms with Gasteiger partial charge in [-0.3, -0.25) is 9.59 Å². The maximum Gasteiger partial charge on any atom is 0.308 e. The normalized spacial score (nSPS) is 17.5. The summed E-state index contributed by atoms with van der Waals surface area (Å²) in [5, 5.41) is 20.7. The van der Waals surface area contributed by atoms with Gasteiger partial charge in [-0.05, 0) is 33.1 Å². The van der Waals surface area contributed by atoms with Crippen LogP contribution in [0.3, 0.4) is 0 Å². The largest absolute Gasteiger partial charge is 0.460 e. The van der Waals surface area contributed by atoms with E-state index in [0.717, 1.165) is 0 Å². The van der Waals surface area contributed by atoms with Crippen LogP contribution in [-0.2, 0) is 14.3 Å². The molecule has 0 saturated carbocycles. The second-order valence-corrected chi connectivity index (χ2v) is 8.17. The number of aliphatic hydroxyl groups is 2. The number of esters is 1. The molecule has 0 aromatic rings. The molecule has 0 heterocycles. The molecule has 0 unspecified atom stereocenters. The van der Waals surface area contributed by atoms with E-state index in [2.05, 4.69) is 6.58 Å². The molecule has 0 aliphatic heterocycles. The fourth-order valence-electron chi connectivity index (χ4n) is 2.60. The zero-order valence-electron chi connectivity index (χ0n) is 16.1. The summed E-state index contributed by atoms with van der Waals surface area (Å²) in [5.74, 6) is -1.59. The Morgan fingerprint density at radius 1 is 1.12 bits per heavy atom. The highest BCUT2D eigenvalue weighted by Gasteiger charge is 2.42. The minimum atomic E-state index is -1.18. The molecule has 0 aromatic heterocycles. The summed E-state index contributed by atoms with van der Waals surface area (Å²) in [5.41, 5.74) is -1.81. The van der Waals surface area contributed by atoms with Crippen LogP contribution >= 0.6 is 0 Å². The molecule has 2 N–H and O–H groups in total. The number of hydrogen-bond donors (Lipinski definition) is 2. The molecular formula is C19H34O5. The highest BCUT2D eigenvalue weighted by molar-refractivity contribution is 5.87. The van der Waals surface area contributed by atoms with E-state index in [4.69, 9.17) is 4.74 Å². The van der Waals surface area contributed by atoms with Crippen molar-refractivity contribution in [3.05, 3.63) is 12.7 Å².